The third kappa shape index (κ3) is 2.78. The van der Waals surface area contributed by atoms with Crippen LogP contribution < -0.4 is 5.32 Å². The van der Waals surface area contributed by atoms with Gasteiger partial charge < -0.3 is 5.32 Å². The Morgan fingerprint density at radius 2 is 1.86 bits per heavy atom. The Morgan fingerprint density at radius 1 is 1.10 bits per heavy atom. The molecule has 0 aliphatic carbocycles. The van der Waals surface area contributed by atoms with Gasteiger partial charge in [-0.15, -0.1) is 0 Å². The second-order valence-corrected chi connectivity index (χ2v) is 5.44. The lowest BCUT2D eigenvalue weighted by Gasteiger charge is -2.09. The van der Waals surface area contributed by atoms with Crippen molar-refractivity contribution in [2.24, 2.45) is 0 Å². The standard InChI is InChI=1S/C16H12BrN3O/c1-10-3-2-4-12(15(10)17)16(21)20-11-5-6-13-14(9-11)19-8-7-18-13/h2-9H,1H3,(H,20,21). The van der Waals surface area contributed by atoms with Crippen LogP contribution >= 0.6 is 15.9 Å². The van der Waals surface area contributed by atoms with E-state index in [1.54, 1.807) is 18.5 Å². The van der Waals surface area contributed by atoms with Gasteiger partial charge in [0.2, 0.25) is 0 Å². The molecule has 0 spiro atoms. The van der Waals surface area contributed by atoms with Gasteiger partial charge >= 0.3 is 0 Å². The van der Waals surface area contributed by atoms with Crippen LogP contribution in [0.15, 0.2) is 53.3 Å². The number of benzene rings is 2. The molecule has 0 aliphatic rings. The van der Waals surface area contributed by atoms with Crippen molar-refractivity contribution in [1.29, 1.82) is 0 Å². The maximum atomic E-state index is 12.3. The highest BCUT2D eigenvalue weighted by Gasteiger charge is 2.11. The molecular formula is C16H12BrN3O. The van der Waals surface area contributed by atoms with Crippen LogP contribution in [-0.2, 0) is 0 Å². The van der Waals surface area contributed by atoms with Gasteiger partial charge in [0.15, 0.2) is 0 Å². The number of aryl methyl sites for hydroxylation is 1. The van der Waals surface area contributed by atoms with Gasteiger partial charge in [-0.1, -0.05) is 12.1 Å². The first kappa shape index (κ1) is 13.7. The van der Waals surface area contributed by atoms with Crippen LogP contribution in [0.2, 0.25) is 0 Å². The zero-order chi connectivity index (χ0) is 14.8. The summed E-state index contributed by atoms with van der Waals surface area (Å²) in [4.78, 5) is 20.8. The van der Waals surface area contributed by atoms with Crippen molar-refractivity contribution in [3.05, 3.63) is 64.4 Å². The van der Waals surface area contributed by atoms with E-state index in [-0.39, 0.29) is 5.91 Å². The second-order valence-electron chi connectivity index (χ2n) is 4.65. The van der Waals surface area contributed by atoms with Crippen molar-refractivity contribution in [2.75, 3.05) is 5.32 Å². The van der Waals surface area contributed by atoms with Gasteiger partial charge in [-0.3, -0.25) is 14.8 Å². The van der Waals surface area contributed by atoms with Crippen LogP contribution in [0, 0.1) is 6.92 Å². The summed E-state index contributed by atoms with van der Waals surface area (Å²) in [5.41, 5.74) is 3.87. The summed E-state index contributed by atoms with van der Waals surface area (Å²) in [6, 6.07) is 11.1. The van der Waals surface area contributed by atoms with Crippen molar-refractivity contribution >= 4 is 38.6 Å². The van der Waals surface area contributed by atoms with E-state index in [0.29, 0.717) is 11.3 Å². The number of anilines is 1. The molecule has 0 radical (unpaired) electrons. The monoisotopic (exact) mass is 341 g/mol. The number of hydrogen-bond donors (Lipinski definition) is 1. The third-order valence-electron chi connectivity index (χ3n) is 3.16. The molecule has 0 saturated heterocycles. The maximum Gasteiger partial charge on any atom is 0.256 e. The molecule has 0 saturated carbocycles. The number of fused-ring (bicyclic) bond motifs is 1. The van der Waals surface area contributed by atoms with Crippen molar-refractivity contribution in [3.63, 3.8) is 0 Å². The first-order valence-corrected chi connectivity index (χ1v) is 7.22. The largest absolute Gasteiger partial charge is 0.322 e. The van der Waals surface area contributed by atoms with Crippen molar-refractivity contribution in [1.82, 2.24) is 9.97 Å². The lowest BCUT2D eigenvalue weighted by Crippen LogP contribution is -2.13. The number of amides is 1. The number of hydrogen-bond acceptors (Lipinski definition) is 3. The summed E-state index contributed by atoms with van der Waals surface area (Å²) in [6.07, 6.45) is 3.27. The predicted octanol–water partition coefficient (Wildman–Crippen LogP) is 3.95. The Labute approximate surface area is 130 Å². The van der Waals surface area contributed by atoms with Gasteiger partial charge in [-0.2, -0.15) is 0 Å². The van der Waals surface area contributed by atoms with Crippen LogP contribution in [0.1, 0.15) is 15.9 Å². The van der Waals surface area contributed by atoms with Crippen molar-refractivity contribution in [3.8, 4) is 0 Å². The molecule has 5 heteroatoms. The number of nitrogens with zero attached hydrogens (tertiary/aromatic N) is 2. The molecule has 1 heterocycles. The quantitative estimate of drug-likeness (QED) is 0.767. The molecule has 0 atom stereocenters. The molecule has 104 valence electrons. The number of nitrogens with one attached hydrogen (secondary N) is 1. The van der Waals surface area contributed by atoms with E-state index in [4.69, 9.17) is 0 Å². The Bertz CT molecular complexity index is 833. The Kier molecular flexibility index (Phi) is 3.66. The number of aromatic nitrogens is 2. The fourth-order valence-electron chi connectivity index (χ4n) is 2.06. The molecule has 3 aromatic rings. The molecule has 1 aromatic heterocycles. The fourth-order valence-corrected chi connectivity index (χ4v) is 2.51. The summed E-state index contributed by atoms with van der Waals surface area (Å²) in [5, 5.41) is 2.88. The van der Waals surface area contributed by atoms with E-state index >= 15 is 0 Å². The average molecular weight is 342 g/mol. The average Bonchev–Trinajstić information content (AvgIpc) is 2.50. The number of carbonyl (C=O) groups is 1. The maximum absolute atomic E-state index is 12.3. The second kappa shape index (κ2) is 5.61. The number of carbonyl (C=O) groups excluding carboxylic acids is 1. The van der Waals surface area contributed by atoms with Gasteiger partial charge in [-0.25, -0.2) is 0 Å². The van der Waals surface area contributed by atoms with E-state index in [1.807, 2.05) is 37.3 Å². The van der Waals surface area contributed by atoms with Crippen LogP contribution in [0.3, 0.4) is 0 Å². The minimum absolute atomic E-state index is 0.159. The highest BCUT2D eigenvalue weighted by Crippen LogP contribution is 2.23. The zero-order valence-corrected chi connectivity index (χ0v) is 12.9. The summed E-state index contributed by atoms with van der Waals surface area (Å²) in [5.74, 6) is -0.159. The van der Waals surface area contributed by atoms with Gasteiger partial charge in [-0.05, 0) is 52.7 Å². The molecule has 3 rings (SSSR count). The van der Waals surface area contributed by atoms with Crippen LogP contribution in [0.5, 0.6) is 0 Å². The molecule has 0 fully saturated rings. The Morgan fingerprint density at radius 3 is 2.67 bits per heavy atom. The number of halogens is 1. The number of rotatable bonds is 2. The highest BCUT2D eigenvalue weighted by atomic mass is 79.9. The van der Waals surface area contributed by atoms with Crippen molar-refractivity contribution < 1.29 is 4.79 Å². The van der Waals surface area contributed by atoms with E-state index in [2.05, 4.69) is 31.2 Å². The molecule has 4 nitrogen and oxygen atoms in total. The van der Waals surface area contributed by atoms with Crippen molar-refractivity contribution in [2.45, 2.75) is 6.92 Å². The van der Waals surface area contributed by atoms with Crippen LogP contribution in [0.25, 0.3) is 11.0 Å². The smallest absolute Gasteiger partial charge is 0.256 e. The van der Waals surface area contributed by atoms with Gasteiger partial charge in [0, 0.05) is 22.6 Å². The lowest BCUT2D eigenvalue weighted by atomic mass is 10.1. The molecule has 0 aliphatic heterocycles. The summed E-state index contributed by atoms with van der Waals surface area (Å²) < 4.78 is 0.808. The first-order chi connectivity index (χ1) is 10.1. The topological polar surface area (TPSA) is 54.9 Å². The third-order valence-corrected chi connectivity index (χ3v) is 4.22. The predicted molar refractivity (Wildman–Crippen MR) is 86.4 cm³/mol. The van der Waals surface area contributed by atoms with Crippen LogP contribution in [0.4, 0.5) is 5.69 Å². The fraction of sp³-hybridized carbons (Fsp3) is 0.0625. The van der Waals surface area contributed by atoms with Crippen LogP contribution in [-0.4, -0.2) is 15.9 Å². The van der Waals surface area contributed by atoms with E-state index in [0.717, 1.165) is 21.1 Å². The van der Waals surface area contributed by atoms with Gasteiger partial charge in [0.1, 0.15) is 0 Å². The van der Waals surface area contributed by atoms with E-state index in [1.165, 1.54) is 0 Å². The summed E-state index contributed by atoms with van der Waals surface area (Å²) in [7, 11) is 0. The highest BCUT2D eigenvalue weighted by molar-refractivity contribution is 9.10. The van der Waals surface area contributed by atoms with Gasteiger partial charge in [0.05, 0.1) is 16.6 Å². The first-order valence-electron chi connectivity index (χ1n) is 6.42. The van der Waals surface area contributed by atoms with Gasteiger partial charge in [0.25, 0.3) is 5.91 Å². The van der Waals surface area contributed by atoms with E-state index in [9.17, 15) is 4.79 Å². The molecule has 0 bridgehead atoms. The Balaban J connectivity index is 1.91. The normalized spacial score (nSPS) is 10.6. The SMILES string of the molecule is Cc1cccc(C(=O)Nc2ccc3nccnc3c2)c1Br. The molecule has 1 N–H and O–H groups in total. The molecule has 1 amide bonds. The Hall–Kier alpha value is -2.27. The molecule has 21 heavy (non-hydrogen) atoms. The lowest BCUT2D eigenvalue weighted by molar-refractivity contribution is 0.102. The summed E-state index contributed by atoms with van der Waals surface area (Å²) in [6.45, 7) is 1.95. The molecule has 0 unspecified atom stereocenters. The molecule has 2 aromatic carbocycles. The molecular weight excluding hydrogens is 330 g/mol. The summed E-state index contributed by atoms with van der Waals surface area (Å²) >= 11 is 3.45. The van der Waals surface area contributed by atoms with E-state index < -0.39 is 0 Å². The minimum atomic E-state index is -0.159. The zero-order valence-electron chi connectivity index (χ0n) is 11.3. The minimum Gasteiger partial charge on any atom is -0.322 e.